The molecule has 0 rings (SSSR count). The van der Waals surface area contributed by atoms with E-state index >= 15 is 0 Å². The van der Waals surface area contributed by atoms with E-state index in [4.69, 9.17) is 0 Å². The molecule has 0 saturated heterocycles. The van der Waals surface area contributed by atoms with Crippen molar-refractivity contribution in [3.8, 4) is 0 Å². The van der Waals surface area contributed by atoms with Crippen molar-refractivity contribution >= 4 is 6.29 Å². The van der Waals surface area contributed by atoms with Crippen LogP contribution >= 0.6 is 0 Å². The molecule has 0 amide bonds. The molecule has 0 aromatic rings. The third-order valence-electron chi connectivity index (χ3n) is 1.63. The van der Waals surface area contributed by atoms with Gasteiger partial charge in [-0.25, -0.2) is 0 Å². The Morgan fingerprint density at radius 1 is 1.00 bits per heavy atom. The Morgan fingerprint density at radius 3 is 2.38 bits per heavy atom. The summed E-state index contributed by atoms with van der Waals surface area (Å²) in [6, 6.07) is 0. The van der Waals surface area contributed by atoms with Crippen LogP contribution in [0.4, 0.5) is 0 Å². The molecule has 0 aromatic heterocycles. The highest BCUT2D eigenvalue weighted by Gasteiger charge is 1.82. The van der Waals surface area contributed by atoms with E-state index < -0.39 is 0 Å². The van der Waals surface area contributed by atoms with Gasteiger partial charge in [-0.1, -0.05) is 30.4 Å². The third-order valence-corrected chi connectivity index (χ3v) is 1.63. The normalized spacial score (nSPS) is 11.1. The lowest BCUT2D eigenvalue weighted by atomic mass is 10.2. The second-order valence-electron chi connectivity index (χ2n) is 2.83. The Labute approximate surface area is 80.8 Å². The number of aldehydes is 1. The van der Waals surface area contributed by atoms with Crippen molar-refractivity contribution in [2.75, 3.05) is 0 Å². The first-order chi connectivity index (χ1) is 6.41. The minimum absolute atomic E-state index is 0.695. The van der Waals surface area contributed by atoms with Crippen LogP contribution in [0.1, 0.15) is 32.1 Å². The maximum absolute atomic E-state index is 9.97. The van der Waals surface area contributed by atoms with Gasteiger partial charge in [-0.05, 0) is 25.7 Å². The van der Waals surface area contributed by atoms with Gasteiger partial charge in [0.15, 0.2) is 0 Å². The van der Waals surface area contributed by atoms with Crippen LogP contribution in [-0.4, -0.2) is 6.29 Å². The number of hydrogen-bond donors (Lipinski definition) is 0. The van der Waals surface area contributed by atoms with E-state index in [-0.39, 0.29) is 0 Å². The van der Waals surface area contributed by atoms with Crippen molar-refractivity contribution in [1.82, 2.24) is 0 Å². The van der Waals surface area contributed by atoms with Gasteiger partial charge in [-0.3, -0.25) is 0 Å². The zero-order valence-electron chi connectivity index (χ0n) is 8.11. The van der Waals surface area contributed by atoms with E-state index in [1.807, 2.05) is 18.2 Å². The summed E-state index contributed by atoms with van der Waals surface area (Å²) < 4.78 is 0. The van der Waals surface area contributed by atoms with Gasteiger partial charge in [0.25, 0.3) is 0 Å². The lowest BCUT2D eigenvalue weighted by Gasteiger charge is -1.89. The Bertz CT molecular complexity index is 178. The fraction of sp³-hybridized carbons (Fsp3) is 0.417. The molecule has 72 valence electrons. The van der Waals surface area contributed by atoms with Crippen LogP contribution < -0.4 is 0 Å². The van der Waals surface area contributed by atoms with Crippen molar-refractivity contribution in [3.05, 3.63) is 37.0 Å². The highest BCUT2D eigenvalue weighted by molar-refractivity contribution is 5.48. The van der Waals surface area contributed by atoms with E-state index in [2.05, 4.69) is 18.7 Å². The minimum atomic E-state index is 0.695. The molecule has 0 radical (unpaired) electrons. The average molecular weight is 178 g/mol. The van der Waals surface area contributed by atoms with Crippen LogP contribution in [0.5, 0.6) is 0 Å². The zero-order chi connectivity index (χ0) is 9.78. The van der Waals surface area contributed by atoms with Gasteiger partial charge in [0.1, 0.15) is 6.29 Å². The third kappa shape index (κ3) is 10.9. The number of allylic oxidation sites excluding steroid dienone is 5. The molecule has 0 aliphatic heterocycles. The molecule has 0 aliphatic carbocycles. The molecule has 0 bridgehead atoms. The van der Waals surface area contributed by atoms with Crippen molar-refractivity contribution in [3.63, 3.8) is 0 Å². The molecule has 0 spiro atoms. The Kier molecular flexibility index (Phi) is 9.96. The molecule has 0 unspecified atom stereocenters. The van der Waals surface area contributed by atoms with Gasteiger partial charge < -0.3 is 4.79 Å². The summed E-state index contributed by atoms with van der Waals surface area (Å²) in [6.45, 7) is 3.62. The maximum atomic E-state index is 9.97. The Balaban J connectivity index is 3.20. The fourth-order valence-corrected chi connectivity index (χ4v) is 0.918. The molecule has 0 saturated carbocycles. The number of hydrogen-bond acceptors (Lipinski definition) is 1. The quantitative estimate of drug-likeness (QED) is 0.241. The molecule has 1 nitrogen and oxygen atoms in total. The molecule has 0 atom stereocenters. The van der Waals surface area contributed by atoms with E-state index in [0.717, 1.165) is 32.0 Å². The zero-order valence-corrected chi connectivity index (χ0v) is 8.11. The monoisotopic (exact) mass is 178 g/mol. The summed E-state index contributed by atoms with van der Waals surface area (Å²) in [5.41, 5.74) is 0. The molecule has 0 aliphatic rings. The van der Waals surface area contributed by atoms with Gasteiger partial charge in [0.05, 0.1) is 0 Å². The molecule has 0 N–H and O–H groups in total. The van der Waals surface area contributed by atoms with Gasteiger partial charge in [0.2, 0.25) is 0 Å². The largest absolute Gasteiger partial charge is 0.303 e. The predicted octanol–water partition coefficient (Wildman–Crippen LogP) is 3.43. The Hall–Kier alpha value is -1.11. The molecule has 0 aromatic carbocycles. The topological polar surface area (TPSA) is 17.1 Å². The first-order valence-corrected chi connectivity index (χ1v) is 4.78. The molecule has 0 fully saturated rings. The molecule has 13 heavy (non-hydrogen) atoms. The minimum Gasteiger partial charge on any atom is -0.303 e. The van der Waals surface area contributed by atoms with Crippen molar-refractivity contribution in [2.45, 2.75) is 32.1 Å². The standard InChI is InChI=1S/C12H18O/c1-2-3-4-5-6-7-8-9-10-11-12-13/h2,4-7,12H,1,3,8-11H2/b5-4+,7-6+. The first-order valence-electron chi connectivity index (χ1n) is 4.78. The van der Waals surface area contributed by atoms with Gasteiger partial charge in [-0.15, -0.1) is 6.58 Å². The Morgan fingerprint density at radius 2 is 1.69 bits per heavy atom. The lowest BCUT2D eigenvalue weighted by molar-refractivity contribution is -0.107. The first kappa shape index (κ1) is 11.9. The average Bonchev–Trinajstić information content (AvgIpc) is 2.16. The summed E-state index contributed by atoms with van der Waals surface area (Å²) in [6.07, 6.45) is 15.9. The molecule has 1 heteroatoms. The summed E-state index contributed by atoms with van der Waals surface area (Å²) >= 11 is 0. The van der Waals surface area contributed by atoms with E-state index in [0.29, 0.717) is 6.42 Å². The summed E-state index contributed by atoms with van der Waals surface area (Å²) in [5.74, 6) is 0. The summed E-state index contributed by atoms with van der Waals surface area (Å²) in [5, 5.41) is 0. The number of unbranched alkanes of at least 4 members (excludes halogenated alkanes) is 3. The molecular weight excluding hydrogens is 160 g/mol. The molecule has 0 heterocycles. The van der Waals surface area contributed by atoms with Crippen LogP contribution in [0.2, 0.25) is 0 Å². The fourth-order valence-electron chi connectivity index (χ4n) is 0.918. The highest BCUT2D eigenvalue weighted by Crippen LogP contribution is 1.98. The van der Waals surface area contributed by atoms with Gasteiger partial charge >= 0.3 is 0 Å². The van der Waals surface area contributed by atoms with Crippen LogP contribution in [0.15, 0.2) is 37.0 Å². The maximum Gasteiger partial charge on any atom is 0.119 e. The smallest absolute Gasteiger partial charge is 0.119 e. The summed E-state index contributed by atoms with van der Waals surface area (Å²) in [7, 11) is 0. The van der Waals surface area contributed by atoms with Crippen molar-refractivity contribution in [2.24, 2.45) is 0 Å². The predicted molar refractivity (Wildman–Crippen MR) is 57.6 cm³/mol. The van der Waals surface area contributed by atoms with Crippen molar-refractivity contribution in [1.29, 1.82) is 0 Å². The lowest BCUT2D eigenvalue weighted by Crippen LogP contribution is -1.75. The van der Waals surface area contributed by atoms with E-state index in [1.165, 1.54) is 0 Å². The van der Waals surface area contributed by atoms with Crippen LogP contribution in [0, 0.1) is 0 Å². The molecular formula is C12H18O. The second kappa shape index (κ2) is 10.9. The SMILES string of the molecule is C=CC/C=C/C=C/CCCCC=O. The summed E-state index contributed by atoms with van der Waals surface area (Å²) in [4.78, 5) is 9.97. The number of carbonyl (C=O) groups excluding carboxylic acids is 1. The second-order valence-corrected chi connectivity index (χ2v) is 2.83. The van der Waals surface area contributed by atoms with Gasteiger partial charge in [0, 0.05) is 6.42 Å². The van der Waals surface area contributed by atoms with Crippen LogP contribution in [-0.2, 0) is 4.79 Å². The van der Waals surface area contributed by atoms with Crippen LogP contribution in [0.25, 0.3) is 0 Å². The van der Waals surface area contributed by atoms with E-state index in [9.17, 15) is 4.79 Å². The van der Waals surface area contributed by atoms with Crippen LogP contribution in [0.3, 0.4) is 0 Å². The number of carbonyl (C=O) groups is 1. The van der Waals surface area contributed by atoms with Gasteiger partial charge in [-0.2, -0.15) is 0 Å². The highest BCUT2D eigenvalue weighted by atomic mass is 16.1. The van der Waals surface area contributed by atoms with E-state index in [1.54, 1.807) is 0 Å². The van der Waals surface area contributed by atoms with Crippen molar-refractivity contribution < 1.29 is 4.79 Å². The number of rotatable bonds is 8.